The zero-order chi connectivity index (χ0) is 22.3. The number of nitrogens with zero attached hydrogens (tertiary/aromatic N) is 1. The van der Waals surface area contributed by atoms with E-state index >= 15 is 0 Å². The second-order valence-electron chi connectivity index (χ2n) is 9.10. The minimum atomic E-state index is 0. The van der Waals surface area contributed by atoms with Gasteiger partial charge in [0.2, 0.25) is 0 Å². The van der Waals surface area contributed by atoms with Crippen molar-refractivity contribution in [1.82, 2.24) is 10.2 Å². The summed E-state index contributed by atoms with van der Waals surface area (Å²) in [6.07, 6.45) is 6.06. The summed E-state index contributed by atoms with van der Waals surface area (Å²) in [7, 11) is 3.35. The number of piperidine rings is 1. The van der Waals surface area contributed by atoms with Gasteiger partial charge in [-0.15, -0.1) is 24.8 Å². The van der Waals surface area contributed by atoms with E-state index in [1.807, 2.05) is 6.07 Å². The van der Waals surface area contributed by atoms with Gasteiger partial charge in [0.1, 0.15) is 6.29 Å². The highest BCUT2D eigenvalue weighted by atomic mass is 35.5. The van der Waals surface area contributed by atoms with Crippen molar-refractivity contribution < 1.29 is 14.3 Å². The average Bonchev–Trinajstić information content (AvgIpc) is 3.08. The number of nitrogens with one attached hydrogen (secondary N) is 1. The van der Waals surface area contributed by atoms with Gasteiger partial charge < -0.3 is 19.6 Å². The summed E-state index contributed by atoms with van der Waals surface area (Å²) in [5, 5.41) is 3.52. The fraction of sp³-hybridized carbons (Fsp3) is 0.519. The Morgan fingerprint density at radius 1 is 1.00 bits per heavy atom. The lowest BCUT2D eigenvalue weighted by atomic mass is 9.77. The smallest absolute Gasteiger partial charge is 0.161 e. The largest absolute Gasteiger partial charge is 0.493 e. The SMILES string of the molecule is COc1ccc(CN2CCC(CCC=O)C(c3ccc4c(c3)CCNCC4)C2)cc1OC.Cl.Cl. The molecule has 7 heteroatoms. The molecule has 0 aromatic heterocycles. The normalized spacial score (nSPS) is 20.2. The van der Waals surface area contributed by atoms with E-state index in [0.717, 1.165) is 76.2 Å². The first-order chi connectivity index (χ1) is 15.7. The standard InChI is InChI=1S/C27H36N2O3.2ClH/c1-31-26-8-5-20(16-27(26)32-2)18-29-14-11-22(4-3-15-30)25(19-29)24-7-6-21-9-12-28-13-10-23(21)17-24;;/h5-8,15-17,22,25,28H,3-4,9-14,18-19H2,1-2H3;2*1H. The van der Waals surface area contributed by atoms with Crippen LogP contribution in [0.25, 0.3) is 0 Å². The minimum Gasteiger partial charge on any atom is -0.493 e. The minimum absolute atomic E-state index is 0. The summed E-state index contributed by atoms with van der Waals surface area (Å²) in [6.45, 7) is 5.10. The fourth-order valence-corrected chi connectivity index (χ4v) is 5.38. The van der Waals surface area contributed by atoms with Crippen LogP contribution < -0.4 is 14.8 Å². The lowest BCUT2D eigenvalue weighted by Gasteiger charge is -2.39. The molecule has 2 atom stereocenters. The Kier molecular flexibility index (Phi) is 11.7. The molecule has 0 aliphatic carbocycles. The van der Waals surface area contributed by atoms with Crippen molar-refractivity contribution in [1.29, 1.82) is 0 Å². The van der Waals surface area contributed by atoms with Crippen molar-refractivity contribution in [3.8, 4) is 11.5 Å². The topological polar surface area (TPSA) is 50.8 Å². The molecule has 1 N–H and O–H groups in total. The van der Waals surface area contributed by atoms with Crippen LogP contribution in [-0.2, 0) is 24.2 Å². The van der Waals surface area contributed by atoms with E-state index in [1.54, 1.807) is 14.2 Å². The second-order valence-corrected chi connectivity index (χ2v) is 9.10. The first-order valence-corrected chi connectivity index (χ1v) is 11.9. The number of benzene rings is 2. The van der Waals surface area contributed by atoms with E-state index in [2.05, 4.69) is 40.5 Å². The molecule has 0 spiro atoms. The zero-order valence-corrected chi connectivity index (χ0v) is 21.9. The van der Waals surface area contributed by atoms with Gasteiger partial charge in [-0.05, 0) is 91.5 Å². The predicted molar refractivity (Wildman–Crippen MR) is 142 cm³/mol. The summed E-state index contributed by atoms with van der Waals surface area (Å²) in [5.74, 6) is 2.57. The van der Waals surface area contributed by atoms with E-state index in [4.69, 9.17) is 9.47 Å². The third-order valence-corrected chi connectivity index (χ3v) is 7.15. The zero-order valence-electron chi connectivity index (χ0n) is 20.3. The molecule has 1 fully saturated rings. The van der Waals surface area contributed by atoms with E-state index in [0.29, 0.717) is 18.3 Å². The van der Waals surface area contributed by atoms with Gasteiger partial charge in [-0.3, -0.25) is 4.90 Å². The number of fused-ring (bicyclic) bond motifs is 1. The molecule has 0 saturated carbocycles. The van der Waals surface area contributed by atoms with E-state index < -0.39 is 0 Å². The summed E-state index contributed by atoms with van der Waals surface area (Å²) in [5.41, 5.74) is 5.67. The number of rotatable bonds is 8. The third-order valence-electron chi connectivity index (χ3n) is 7.15. The maximum atomic E-state index is 11.1. The molecule has 2 heterocycles. The van der Waals surface area contributed by atoms with Crippen molar-refractivity contribution in [3.63, 3.8) is 0 Å². The Balaban J connectivity index is 0.00000204. The number of likely N-dealkylation sites (tertiary alicyclic amines) is 1. The van der Waals surface area contributed by atoms with Gasteiger partial charge in [0, 0.05) is 19.5 Å². The van der Waals surface area contributed by atoms with Crippen LogP contribution in [0.4, 0.5) is 0 Å². The summed E-state index contributed by atoms with van der Waals surface area (Å²) >= 11 is 0. The first kappa shape index (κ1) is 28.4. The maximum Gasteiger partial charge on any atom is 0.161 e. The van der Waals surface area contributed by atoms with Crippen molar-refractivity contribution >= 4 is 31.1 Å². The van der Waals surface area contributed by atoms with Crippen molar-refractivity contribution in [2.45, 2.75) is 44.6 Å². The predicted octanol–water partition coefficient (Wildman–Crippen LogP) is 4.82. The molecule has 2 aliphatic heterocycles. The molecule has 0 radical (unpaired) electrons. The van der Waals surface area contributed by atoms with Crippen LogP contribution >= 0.6 is 24.8 Å². The van der Waals surface area contributed by atoms with Crippen LogP contribution in [0.3, 0.4) is 0 Å². The van der Waals surface area contributed by atoms with Crippen LogP contribution in [0.2, 0.25) is 0 Å². The molecule has 4 rings (SSSR count). The third kappa shape index (κ3) is 6.88. The van der Waals surface area contributed by atoms with Crippen LogP contribution in [0.15, 0.2) is 36.4 Å². The van der Waals surface area contributed by atoms with E-state index in [1.165, 1.54) is 22.3 Å². The molecule has 0 amide bonds. The number of carbonyl (C=O) groups is 1. The maximum absolute atomic E-state index is 11.1. The Hall–Kier alpha value is -1.79. The average molecular weight is 510 g/mol. The van der Waals surface area contributed by atoms with Gasteiger partial charge in [0.05, 0.1) is 14.2 Å². The van der Waals surface area contributed by atoms with Gasteiger partial charge in [0.15, 0.2) is 11.5 Å². The Morgan fingerprint density at radius 2 is 1.76 bits per heavy atom. The Morgan fingerprint density at radius 3 is 2.50 bits per heavy atom. The monoisotopic (exact) mass is 508 g/mol. The van der Waals surface area contributed by atoms with E-state index in [-0.39, 0.29) is 24.8 Å². The molecule has 2 aliphatic rings. The quantitative estimate of drug-likeness (QED) is 0.518. The highest BCUT2D eigenvalue weighted by Gasteiger charge is 2.30. The molecule has 0 bridgehead atoms. The molecule has 2 aromatic carbocycles. The number of ether oxygens (including phenoxy) is 2. The van der Waals surface area contributed by atoms with Gasteiger partial charge in [-0.2, -0.15) is 0 Å². The number of hydrogen-bond donors (Lipinski definition) is 1. The fourth-order valence-electron chi connectivity index (χ4n) is 5.38. The van der Waals surface area contributed by atoms with Gasteiger partial charge in [-0.1, -0.05) is 24.3 Å². The van der Waals surface area contributed by atoms with E-state index in [9.17, 15) is 4.79 Å². The molecular weight excluding hydrogens is 471 g/mol. The highest BCUT2D eigenvalue weighted by molar-refractivity contribution is 5.85. The van der Waals surface area contributed by atoms with Crippen LogP contribution in [0.5, 0.6) is 11.5 Å². The molecule has 1 saturated heterocycles. The molecular formula is C27H38Cl2N2O3. The number of aldehydes is 1. The van der Waals surface area contributed by atoms with Crippen molar-refractivity contribution in [2.75, 3.05) is 40.4 Å². The van der Waals surface area contributed by atoms with Gasteiger partial charge >= 0.3 is 0 Å². The molecule has 188 valence electrons. The number of methoxy groups -OCH3 is 2. The summed E-state index contributed by atoms with van der Waals surface area (Å²) in [6, 6.07) is 13.4. The van der Waals surface area contributed by atoms with Gasteiger partial charge in [-0.25, -0.2) is 0 Å². The first-order valence-electron chi connectivity index (χ1n) is 11.9. The Labute approximate surface area is 216 Å². The Bertz CT molecular complexity index is 925. The molecule has 2 aromatic rings. The summed E-state index contributed by atoms with van der Waals surface area (Å²) < 4.78 is 10.9. The summed E-state index contributed by atoms with van der Waals surface area (Å²) in [4.78, 5) is 13.7. The number of hydrogen-bond acceptors (Lipinski definition) is 5. The number of halogens is 2. The lowest BCUT2D eigenvalue weighted by Crippen LogP contribution is -2.39. The lowest BCUT2D eigenvalue weighted by molar-refractivity contribution is -0.108. The van der Waals surface area contributed by atoms with Crippen molar-refractivity contribution in [3.05, 3.63) is 58.7 Å². The highest BCUT2D eigenvalue weighted by Crippen LogP contribution is 2.37. The van der Waals surface area contributed by atoms with Crippen LogP contribution in [-0.4, -0.2) is 51.6 Å². The number of carbonyl (C=O) groups excluding carboxylic acids is 1. The molecule has 5 nitrogen and oxygen atoms in total. The molecule has 34 heavy (non-hydrogen) atoms. The van der Waals surface area contributed by atoms with Gasteiger partial charge in [0.25, 0.3) is 0 Å². The second kappa shape index (κ2) is 13.9. The van der Waals surface area contributed by atoms with Crippen LogP contribution in [0.1, 0.15) is 47.4 Å². The van der Waals surface area contributed by atoms with Crippen molar-refractivity contribution in [2.24, 2.45) is 5.92 Å². The molecule has 2 unspecified atom stereocenters. The van der Waals surface area contributed by atoms with Crippen LogP contribution in [0, 0.1) is 5.92 Å².